The smallest absolute Gasteiger partial charge is 0.270 e. The molecule has 1 aliphatic carbocycles. The van der Waals surface area contributed by atoms with Crippen molar-refractivity contribution in [1.29, 1.82) is 0 Å². The highest BCUT2D eigenvalue weighted by molar-refractivity contribution is 7.14. The van der Waals surface area contributed by atoms with E-state index in [1.54, 1.807) is 11.3 Å². The highest BCUT2D eigenvalue weighted by Gasteiger charge is 2.27. The van der Waals surface area contributed by atoms with Gasteiger partial charge in [-0.2, -0.15) is 4.98 Å². The molecular weight excluding hydrogens is 282 g/mol. The number of rotatable bonds is 3. The minimum atomic E-state index is 0.444. The normalized spacial score (nSPS) is 22.9. The summed E-state index contributed by atoms with van der Waals surface area (Å²) in [4.78, 5) is 5.51. The van der Waals surface area contributed by atoms with Crippen molar-refractivity contribution >= 4 is 17.0 Å². The van der Waals surface area contributed by atoms with Gasteiger partial charge in [0.25, 0.3) is 5.89 Å². The van der Waals surface area contributed by atoms with Crippen molar-refractivity contribution < 1.29 is 4.52 Å². The van der Waals surface area contributed by atoms with E-state index >= 15 is 0 Å². The van der Waals surface area contributed by atoms with Gasteiger partial charge in [-0.3, -0.25) is 0 Å². The van der Waals surface area contributed by atoms with Gasteiger partial charge in [-0.05, 0) is 55.4 Å². The van der Waals surface area contributed by atoms with Crippen LogP contribution in [0.25, 0.3) is 10.8 Å². The number of anilines is 1. The topological polar surface area (TPSA) is 64.9 Å². The van der Waals surface area contributed by atoms with Crippen molar-refractivity contribution in [2.24, 2.45) is 11.8 Å². The molecule has 1 saturated carbocycles. The van der Waals surface area contributed by atoms with Crippen LogP contribution in [0.3, 0.4) is 0 Å². The van der Waals surface area contributed by atoms with Crippen LogP contribution in [0.2, 0.25) is 0 Å². The quantitative estimate of drug-likeness (QED) is 0.898. The molecule has 2 aromatic rings. The van der Waals surface area contributed by atoms with Gasteiger partial charge in [0.2, 0.25) is 0 Å². The molecular formula is C16H23N3OS. The van der Waals surface area contributed by atoms with Crippen molar-refractivity contribution in [3.8, 4) is 10.8 Å². The van der Waals surface area contributed by atoms with Crippen LogP contribution in [0.5, 0.6) is 0 Å². The van der Waals surface area contributed by atoms with E-state index in [-0.39, 0.29) is 0 Å². The average molecular weight is 305 g/mol. The van der Waals surface area contributed by atoms with Gasteiger partial charge in [0.15, 0.2) is 5.82 Å². The molecule has 4 nitrogen and oxygen atoms in total. The van der Waals surface area contributed by atoms with Crippen LogP contribution in [0.1, 0.15) is 56.8 Å². The lowest BCUT2D eigenvalue weighted by Crippen LogP contribution is -2.18. The number of nitrogens with zero attached hydrogens (tertiary/aromatic N) is 2. The van der Waals surface area contributed by atoms with Crippen LogP contribution in [0.15, 0.2) is 9.90 Å². The second-order valence-corrected chi connectivity index (χ2v) is 7.35. The average Bonchev–Trinajstić information content (AvgIpc) is 3.07. The molecule has 0 amide bonds. The molecule has 3 rings (SSSR count). The summed E-state index contributed by atoms with van der Waals surface area (Å²) in [5.41, 5.74) is 7.90. The molecule has 5 heteroatoms. The Labute approximate surface area is 129 Å². The molecule has 2 heterocycles. The number of aromatic nitrogens is 2. The number of nitrogens with two attached hydrogens (primary N) is 1. The van der Waals surface area contributed by atoms with Crippen molar-refractivity contribution in [3.63, 3.8) is 0 Å². The van der Waals surface area contributed by atoms with Crippen LogP contribution in [0, 0.1) is 18.8 Å². The summed E-state index contributed by atoms with van der Waals surface area (Å²) in [6.07, 6.45) is 4.88. The van der Waals surface area contributed by atoms with Gasteiger partial charge in [-0.1, -0.05) is 19.0 Å². The van der Waals surface area contributed by atoms with Crippen LogP contribution in [-0.4, -0.2) is 10.1 Å². The predicted molar refractivity (Wildman–Crippen MR) is 86.3 cm³/mol. The zero-order valence-corrected chi connectivity index (χ0v) is 13.7. The fraction of sp³-hybridized carbons (Fsp3) is 0.625. The van der Waals surface area contributed by atoms with Gasteiger partial charge in [0.1, 0.15) is 4.88 Å². The molecule has 0 aromatic carbocycles. The molecule has 0 radical (unpaired) electrons. The maximum Gasteiger partial charge on any atom is 0.270 e. The van der Waals surface area contributed by atoms with E-state index in [1.807, 2.05) is 12.3 Å². The minimum Gasteiger partial charge on any atom is -0.397 e. The van der Waals surface area contributed by atoms with Crippen LogP contribution < -0.4 is 5.73 Å². The molecule has 114 valence electrons. The van der Waals surface area contributed by atoms with Crippen molar-refractivity contribution in [1.82, 2.24) is 10.1 Å². The van der Waals surface area contributed by atoms with Crippen LogP contribution >= 0.6 is 11.3 Å². The van der Waals surface area contributed by atoms with E-state index in [4.69, 9.17) is 10.3 Å². The summed E-state index contributed by atoms with van der Waals surface area (Å²) in [5, 5.41) is 6.23. The summed E-state index contributed by atoms with van der Waals surface area (Å²) in [5.74, 6) is 3.51. The summed E-state index contributed by atoms with van der Waals surface area (Å²) in [6.45, 7) is 6.64. The van der Waals surface area contributed by atoms with Gasteiger partial charge in [-0.15, -0.1) is 11.3 Å². The lowest BCUT2D eigenvalue weighted by molar-refractivity contribution is 0.252. The highest BCUT2D eigenvalue weighted by Crippen LogP contribution is 2.39. The van der Waals surface area contributed by atoms with E-state index in [0.29, 0.717) is 11.8 Å². The summed E-state index contributed by atoms with van der Waals surface area (Å²) in [7, 11) is 0. The summed E-state index contributed by atoms with van der Waals surface area (Å²) >= 11 is 1.57. The molecule has 2 N–H and O–H groups in total. The maximum atomic E-state index is 6.06. The SMILES string of the molecule is Cc1csc(-c2nc(C3CCC(C(C)C)CC3)no2)c1N. The number of thiophene rings is 1. The van der Waals surface area contributed by atoms with Crippen molar-refractivity contribution in [3.05, 3.63) is 16.8 Å². The van der Waals surface area contributed by atoms with Crippen LogP contribution in [-0.2, 0) is 0 Å². The molecule has 0 spiro atoms. The zero-order valence-electron chi connectivity index (χ0n) is 12.9. The van der Waals surface area contributed by atoms with Gasteiger partial charge in [0, 0.05) is 5.92 Å². The van der Waals surface area contributed by atoms with Crippen molar-refractivity contribution in [2.45, 2.75) is 52.4 Å². The van der Waals surface area contributed by atoms with E-state index < -0.39 is 0 Å². The van der Waals surface area contributed by atoms with E-state index in [2.05, 4.69) is 24.0 Å². The molecule has 0 unspecified atom stereocenters. The molecule has 1 aliphatic rings. The Morgan fingerprint density at radius 1 is 1.29 bits per heavy atom. The molecule has 0 atom stereocenters. The highest BCUT2D eigenvalue weighted by atomic mass is 32.1. The first-order valence-corrected chi connectivity index (χ1v) is 8.61. The fourth-order valence-corrected chi connectivity index (χ4v) is 4.05. The summed E-state index contributed by atoms with van der Waals surface area (Å²) < 4.78 is 5.44. The largest absolute Gasteiger partial charge is 0.397 e. The third-order valence-corrected chi connectivity index (χ3v) is 5.84. The second-order valence-electron chi connectivity index (χ2n) is 6.47. The standard InChI is InChI=1S/C16H23N3OS/c1-9(2)11-4-6-12(7-5-11)15-18-16(20-19-15)14-13(17)10(3)8-21-14/h8-9,11-12H,4-7,17H2,1-3H3. The Morgan fingerprint density at radius 3 is 2.57 bits per heavy atom. The number of hydrogen-bond acceptors (Lipinski definition) is 5. The Hall–Kier alpha value is -1.36. The Balaban J connectivity index is 1.73. The molecule has 21 heavy (non-hydrogen) atoms. The van der Waals surface area contributed by atoms with Gasteiger partial charge in [-0.25, -0.2) is 0 Å². The van der Waals surface area contributed by atoms with E-state index in [0.717, 1.165) is 33.8 Å². The van der Waals surface area contributed by atoms with E-state index in [9.17, 15) is 0 Å². The first-order valence-electron chi connectivity index (χ1n) is 7.73. The fourth-order valence-electron chi connectivity index (χ4n) is 3.16. The zero-order chi connectivity index (χ0) is 15.0. The number of hydrogen-bond donors (Lipinski definition) is 1. The van der Waals surface area contributed by atoms with Crippen molar-refractivity contribution in [2.75, 3.05) is 5.73 Å². The molecule has 0 aliphatic heterocycles. The third-order valence-electron chi connectivity index (χ3n) is 4.74. The maximum absolute atomic E-state index is 6.06. The van der Waals surface area contributed by atoms with Gasteiger partial charge < -0.3 is 10.3 Å². The number of nitrogen functional groups attached to an aromatic ring is 1. The second kappa shape index (κ2) is 5.79. The summed E-state index contributed by atoms with van der Waals surface area (Å²) in [6, 6.07) is 0. The first-order chi connectivity index (χ1) is 10.1. The van der Waals surface area contributed by atoms with Gasteiger partial charge in [0.05, 0.1) is 5.69 Å². The minimum absolute atomic E-state index is 0.444. The monoisotopic (exact) mass is 305 g/mol. The molecule has 0 saturated heterocycles. The van der Waals surface area contributed by atoms with E-state index in [1.165, 1.54) is 25.7 Å². The number of aryl methyl sites for hydroxylation is 1. The van der Waals surface area contributed by atoms with Gasteiger partial charge >= 0.3 is 0 Å². The molecule has 1 fully saturated rings. The predicted octanol–water partition coefficient (Wildman–Crippen LogP) is 4.62. The molecule has 2 aromatic heterocycles. The first kappa shape index (κ1) is 14.6. The Kier molecular flexibility index (Phi) is 4.02. The molecule has 0 bridgehead atoms. The Bertz CT molecular complexity index is 609. The Morgan fingerprint density at radius 2 is 2.00 bits per heavy atom. The lowest BCUT2D eigenvalue weighted by atomic mass is 9.77. The third kappa shape index (κ3) is 2.84. The lowest BCUT2D eigenvalue weighted by Gasteiger charge is -2.29. The van der Waals surface area contributed by atoms with Crippen LogP contribution in [0.4, 0.5) is 5.69 Å².